The first-order chi connectivity index (χ1) is 25.4. The molecule has 0 saturated carbocycles. The topological polar surface area (TPSA) is 24.3 Å². The van der Waals surface area contributed by atoms with Crippen LogP contribution in [0.4, 0.5) is 22.7 Å². The van der Waals surface area contributed by atoms with Gasteiger partial charge in [-0.25, -0.2) is 4.98 Å². The molecule has 0 amide bonds. The normalized spacial score (nSPS) is 12.8. The Kier molecular flexibility index (Phi) is 9.04. The Bertz CT molecular complexity index is 2590. The Balaban J connectivity index is 0.00000400. The van der Waals surface area contributed by atoms with E-state index in [2.05, 4.69) is 200 Å². The smallest absolute Gasteiger partial charge is 0.345 e. The second-order valence-corrected chi connectivity index (χ2v) is 14.5. The second-order valence-electron chi connectivity index (χ2n) is 14.5. The number of para-hydroxylation sites is 4. The summed E-state index contributed by atoms with van der Waals surface area (Å²) < 4.78 is 2.28. The summed E-state index contributed by atoms with van der Waals surface area (Å²) in [7, 11) is 0. The monoisotopic (exact) mass is 867 g/mol. The molecule has 0 unspecified atom stereocenters. The van der Waals surface area contributed by atoms with Crippen molar-refractivity contribution in [3.05, 3.63) is 181 Å². The molecular weight excluding hydrogens is 828 g/mol. The first-order valence-electron chi connectivity index (χ1n) is 18.1. The van der Waals surface area contributed by atoms with E-state index in [0.29, 0.717) is 5.92 Å². The van der Waals surface area contributed by atoms with Crippen LogP contribution < -0.4 is 9.80 Å². The molecule has 0 bridgehead atoms. The zero-order valence-corrected chi connectivity index (χ0v) is 32.6. The van der Waals surface area contributed by atoms with Crippen LogP contribution in [0.5, 0.6) is 0 Å². The van der Waals surface area contributed by atoms with Gasteiger partial charge in [0.05, 0.1) is 18.0 Å². The molecule has 6 aromatic carbocycles. The van der Waals surface area contributed by atoms with Gasteiger partial charge in [-0.3, -0.25) is 0 Å². The maximum absolute atomic E-state index is 4.96. The van der Waals surface area contributed by atoms with Crippen LogP contribution in [0.25, 0.3) is 38.8 Å². The van der Waals surface area contributed by atoms with Crippen LogP contribution in [0.15, 0.2) is 152 Å². The minimum Gasteiger partial charge on any atom is -0.345 e. The summed E-state index contributed by atoms with van der Waals surface area (Å²) in [6, 6.07) is 59.7. The number of hydrogen-bond acceptors (Lipinski definition) is 3. The van der Waals surface area contributed by atoms with Crippen LogP contribution in [0, 0.1) is 12.1 Å². The van der Waals surface area contributed by atoms with E-state index < -0.39 is 0 Å². The van der Waals surface area contributed by atoms with Crippen molar-refractivity contribution in [2.45, 2.75) is 39.0 Å². The van der Waals surface area contributed by atoms with Gasteiger partial charge in [-0.15, -0.1) is 11.5 Å². The minimum absolute atomic E-state index is 0. The fourth-order valence-electron chi connectivity index (χ4n) is 7.84. The van der Waals surface area contributed by atoms with Crippen molar-refractivity contribution in [3.8, 4) is 16.9 Å². The number of fused-ring (bicyclic) bond motifs is 4. The average molecular weight is 868 g/mol. The molecule has 53 heavy (non-hydrogen) atoms. The molecule has 0 saturated heterocycles. The zero-order valence-electron chi connectivity index (χ0n) is 30.3. The van der Waals surface area contributed by atoms with E-state index >= 15 is 0 Å². The molecule has 2 aromatic heterocycles. The fraction of sp³-hybridized carbons (Fsp3) is 0.146. The summed E-state index contributed by atoms with van der Waals surface area (Å²) in [5.41, 5.74) is 12.3. The Hall–Kier alpha value is -5.44. The number of anilines is 4. The fourth-order valence-corrected chi connectivity index (χ4v) is 7.84. The first-order valence-corrected chi connectivity index (χ1v) is 18.1. The Labute approximate surface area is 326 Å². The van der Waals surface area contributed by atoms with Crippen LogP contribution in [0.3, 0.4) is 0 Å². The van der Waals surface area contributed by atoms with Crippen molar-refractivity contribution in [1.29, 1.82) is 0 Å². The van der Waals surface area contributed by atoms with Gasteiger partial charge in [-0.2, -0.15) is 47.5 Å². The Morgan fingerprint density at radius 3 is 2.15 bits per heavy atom. The van der Waals surface area contributed by atoms with Gasteiger partial charge in [-0.1, -0.05) is 112 Å². The number of aromatic nitrogens is 2. The van der Waals surface area contributed by atoms with Crippen LogP contribution in [0.2, 0.25) is 0 Å². The summed E-state index contributed by atoms with van der Waals surface area (Å²) in [5, 5.41) is 2.36. The van der Waals surface area contributed by atoms with Gasteiger partial charge in [-0.05, 0) is 75.9 Å². The van der Waals surface area contributed by atoms with Crippen molar-refractivity contribution in [2.24, 2.45) is 0 Å². The third-order valence-corrected chi connectivity index (χ3v) is 10.7. The van der Waals surface area contributed by atoms with E-state index in [1.54, 1.807) is 0 Å². The number of rotatable bonds is 7. The predicted molar refractivity (Wildman–Crippen MR) is 216 cm³/mol. The third-order valence-electron chi connectivity index (χ3n) is 10.7. The summed E-state index contributed by atoms with van der Waals surface area (Å²) in [6.45, 7) is 9.79. The number of nitrogens with zero attached hydrogens (tertiary/aromatic N) is 4. The van der Waals surface area contributed by atoms with Gasteiger partial charge in [0.1, 0.15) is 5.82 Å². The molecule has 5 heteroatoms. The van der Waals surface area contributed by atoms with Crippen LogP contribution in [-0.2, 0) is 26.5 Å². The molecule has 3 heterocycles. The van der Waals surface area contributed by atoms with Gasteiger partial charge in [0.25, 0.3) is 0 Å². The van der Waals surface area contributed by atoms with E-state index in [0.717, 1.165) is 51.3 Å². The predicted octanol–water partition coefficient (Wildman–Crippen LogP) is 12.1. The minimum atomic E-state index is -0.380. The molecule has 0 fully saturated rings. The quantitative estimate of drug-likeness (QED) is 0.149. The largest absolute Gasteiger partial charge is 2.00 e. The summed E-state index contributed by atoms with van der Waals surface area (Å²) in [4.78, 5) is 9.69. The first kappa shape index (κ1) is 34.6. The van der Waals surface area contributed by atoms with E-state index in [4.69, 9.17) is 4.98 Å². The number of pyridine rings is 1. The van der Waals surface area contributed by atoms with E-state index in [1.165, 1.54) is 33.6 Å². The molecule has 0 radical (unpaired) electrons. The standard InChI is InChI=1S/C48H40N4.Pt/c1-33(2)39-19-8-9-20-40(39)34-27-28-49-47(29-34)52-43-22-11-10-21-41(43)42-26-25-36(31-46(42)52)48(3,4)35-15-14-18-38(30-35)51-32-50(37-16-6-5-7-17-37)44-23-12-13-24-45(44)51;/h5-29,33H,32H2,1-4H3;/q-2;+2. The van der Waals surface area contributed by atoms with E-state index in [1.807, 2.05) is 6.20 Å². The molecular formula is C48H40N4Pt. The van der Waals surface area contributed by atoms with Crippen molar-refractivity contribution in [1.82, 2.24) is 9.55 Å². The Morgan fingerprint density at radius 1 is 0.642 bits per heavy atom. The molecule has 0 atom stereocenters. The van der Waals surface area contributed by atoms with Gasteiger partial charge >= 0.3 is 21.1 Å². The molecule has 262 valence electrons. The van der Waals surface area contributed by atoms with Crippen molar-refractivity contribution in [3.63, 3.8) is 0 Å². The van der Waals surface area contributed by atoms with Crippen molar-refractivity contribution in [2.75, 3.05) is 16.5 Å². The molecule has 9 rings (SSSR count). The third kappa shape index (κ3) is 5.96. The van der Waals surface area contributed by atoms with Crippen molar-refractivity contribution < 1.29 is 21.1 Å². The average Bonchev–Trinajstić information content (AvgIpc) is 3.74. The van der Waals surface area contributed by atoms with Gasteiger partial charge in [0.2, 0.25) is 0 Å². The van der Waals surface area contributed by atoms with Gasteiger partial charge in [0, 0.05) is 17.4 Å². The molecule has 0 spiro atoms. The molecule has 0 aliphatic carbocycles. The molecule has 0 N–H and O–H groups in total. The maximum atomic E-state index is 4.96. The van der Waals surface area contributed by atoms with Gasteiger partial charge < -0.3 is 14.4 Å². The number of hydrogen-bond donors (Lipinski definition) is 0. The van der Waals surface area contributed by atoms with Crippen LogP contribution in [-0.4, -0.2) is 16.2 Å². The van der Waals surface area contributed by atoms with E-state index in [-0.39, 0.29) is 26.5 Å². The molecule has 1 aliphatic heterocycles. The van der Waals surface area contributed by atoms with E-state index in [9.17, 15) is 0 Å². The van der Waals surface area contributed by atoms with Crippen LogP contribution >= 0.6 is 0 Å². The molecule has 4 nitrogen and oxygen atoms in total. The zero-order chi connectivity index (χ0) is 35.4. The Morgan fingerprint density at radius 2 is 1.34 bits per heavy atom. The summed E-state index contributed by atoms with van der Waals surface area (Å²) in [6.07, 6.45) is 1.94. The summed E-state index contributed by atoms with van der Waals surface area (Å²) >= 11 is 0. The second kappa shape index (κ2) is 13.8. The van der Waals surface area contributed by atoms with Crippen molar-refractivity contribution >= 4 is 44.6 Å². The molecule has 1 aliphatic rings. The molecule has 8 aromatic rings. The van der Waals surface area contributed by atoms with Crippen LogP contribution in [0.1, 0.15) is 50.3 Å². The number of benzene rings is 6. The summed E-state index contributed by atoms with van der Waals surface area (Å²) in [5.74, 6) is 1.30. The maximum Gasteiger partial charge on any atom is 2.00 e. The van der Waals surface area contributed by atoms with Gasteiger partial charge in [0.15, 0.2) is 0 Å². The SMILES string of the molecule is CC(C)c1ccccc1-c1ccnc(-n2c3[c-]c(C(C)(C)c4[c-]c(N5CN(c6ccccc6)c6ccccc65)ccc4)ccc3c3ccccc32)c1.[Pt+2].